The van der Waals surface area contributed by atoms with Crippen LogP contribution in [0.15, 0.2) is 17.5 Å². The normalized spacial score (nSPS) is 19.9. The standard InChI is InChI=1S/C12H18N2O2S/c13-12(15)9-14(7-10-3-1-5-16-10)8-11-4-2-6-17-11/h2,4,6,10H,1,3,5,7-9H2,(H2,13,15)/t10-/m0/s1. The van der Waals surface area contributed by atoms with E-state index < -0.39 is 0 Å². The number of hydrogen-bond acceptors (Lipinski definition) is 4. The Hall–Kier alpha value is -0.910. The van der Waals surface area contributed by atoms with Crippen LogP contribution in [0.25, 0.3) is 0 Å². The zero-order chi connectivity index (χ0) is 12.1. The number of nitrogens with two attached hydrogens (primary N) is 1. The van der Waals surface area contributed by atoms with Gasteiger partial charge in [-0.3, -0.25) is 9.69 Å². The second-order valence-electron chi connectivity index (χ2n) is 4.35. The minimum Gasteiger partial charge on any atom is -0.377 e. The molecule has 2 heterocycles. The van der Waals surface area contributed by atoms with E-state index in [1.807, 2.05) is 11.4 Å². The fourth-order valence-electron chi connectivity index (χ4n) is 2.10. The number of primary amides is 1. The van der Waals surface area contributed by atoms with Crippen molar-refractivity contribution >= 4 is 17.2 Å². The maximum atomic E-state index is 11.1. The van der Waals surface area contributed by atoms with Crippen molar-refractivity contribution < 1.29 is 9.53 Å². The summed E-state index contributed by atoms with van der Waals surface area (Å²) in [5.41, 5.74) is 5.28. The molecule has 1 atom stereocenters. The zero-order valence-electron chi connectivity index (χ0n) is 9.80. The summed E-state index contributed by atoms with van der Waals surface area (Å²) in [7, 11) is 0. The third-order valence-corrected chi connectivity index (χ3v) is 3.69. The lowest BCUT2D eigenvalue weighted by Crippen LogP contribution is -2.38. The highest BCUT2D eigenvalue weighted by atomic mass is 32.1. The lowest BCUT2D eigenvalue weighted by atomic mass is 10.2. The highest BCUT2D eigenvalue weighted by molar-refractivity contribution is 7.09. The van der Waals surface area contributed by atoms with Crippen LogP contribution in [-0.2, 0) is 16.1 Å². The summed E-state index contributed by atoms with van der Waals surface area (Å²) in [5.74, 6) is -0.278. The molecule has 94 valence electrons. The lowest BCUT2D eigenvalue weighted by molar-refractivity contribution is -0.119. The first-order valence-corrected chi connectivity index (χ1v) is 6.76. The van der Waals surface area contributed by atoms with Crippen LogP contribution in [0.3, 0.4) is 0 Å². The fraction of sp³-hybridized carbons (Fsp3) is 0.583. The molecule has 0 radical (unpaired) electrons. The van der Waals surface area contributed by atoms with E-state index in [1.165, 1.54) is 4.88 Å². The minimum atomic E-state index is -0.278. The van der Waals surface area contributed by atoms with E-state index in [-0.39, 0.29) is 12.0 Å². The molecule has 1 aliphatic heterocycles. The van der Waals surface area contributed by atoms with E-state index in [9.17, 15) is 4.79 Å². The molecular weight excluding hydrogens is 236 g/mol. The quantitative estimate of drug-likeness (QED) is 0.830. The molecule has 1 saturated heterocycles. The average Bonchev–Trinajstić information content (AvgIpc) is 2.89. The van der Waals surface area contributed by atoms with E-state index >= 15 is 0 Å². The van der Waals surface area contributed by atoms with Crippen molar-refractivity contribution in [3.63, 3.8) is 0 Å². The molecule has 1 aliphatic rings. The van der Waals surface area contributed by atoms with E-state index in [0.29, 0.717) is 6.54 Å². The van der Waals surface area contributed by atoms with E-state index in [1.54, 1.807) is 11.3 Å². The van der Waals surface area contributed by atoms with Gasteiger partial charge in [-0.1, -0.05) is 6.07 Å². The van der Waals surface area contributed by atoms with Crippen LogP contribution in [0.5, 0.6) is 0 Å². The molecule has 1 fully saturated rings. The maximum Gasteiger partial charge on any atom is 0.231 e. The van der Waals surface area contributed by atoms with Crippen LogP contribution in [0.4, 0.5) is 0 Å². The van der Waals surface area contributed by atoms with Crippen molar-refractivity contribution in [3.8, 4) is 0 Å². The van der Waals surface area contributed by atoms with Gasteiger partial charge in [-0.15, -0.1) is 11.3 Å². The molecule has 0 bridgehead atoms. The molecule has 1 aromatic heterocycles. The summed E-state index contributed by atoms with van der Waals surface area (Å²) in [5, 5.41) is 2.05. The highest BCUT2D eigenvalue weighted by Crippen LogP contribution is 2.16. The summed E-state index contributed by atoms with van der Waals surface area (Å²) in [6, 6.07) is 4.10. The Balaban J connectivity index is 1.89. The number of nitrogens with zero attached hydrogens (tertiary/aromatic N) is 1. The number of thiophene rings is 1. The molecule has 4 nitrogen and oxygen atoms in total. The first-order chi connectivity index (χ1) is 8.24. The number of carbonyl (C=O) groups is 1. The molecular formula is C12H18N2O2S. The van der Waals surface area contributed by atoms with Gasteiger partial charge in [0, 0.05) is 24.6 Å². The molecule has 17 heavy (non-hydrogen) atoms. The molecule has 5 heteroatoms. The Morgan fingerprint density at radius 3 is 3.12 bits per heavy atom. The minimum absolute atomic E-state index is 0.259. The summed E-state index contributed by atoms with van der Waals surface area (Å²) >= 11 is 1.70. The van der Waals surface area contributed by atoms with Crippen molar-refractivity contribution in [2.75, 3.05) is 19.7 Å². The molecule has 0 aromatic carbocycles. The van der Waals surface area contributed by atoms with Gasteiger partial charge in [-0.05, 0) is 24.3 Å². The van der Waals surface area contributed by atoms with Crippen LogP contribution in [-0.4, -0.2) is 36.6 Å². The average molecular weight is 254 g/mol. The van der Waals surface area contributed by atoms with Crippen molar-refractivity contribution in [2.45, 2.75) is 25.5 Å². The molecule has 2 rings (SSSR count). The van der Waals surface area contributed by atoms with Gasteiger partial charge in [-0.2, -0.15) is 0 Å². The lowest BCUT2D eigenvalue weighted by Gasteiger charge is -2.23. The maximum absolute atomic E-state index is 11.1. The third-order valence-electron chi connectivity index (χ3n) is 2.82. The molecule has 0 spiro atoms. The van der Waals surface area contributed by atoms with E-state index in [2.05, 4.69) is 11.0 Å². The summed E-state index contributed by atoms with van der Waals surface area (Å²) in [6.07, 6.45) is 2.46. The second kappa shape index (κ2) is 6.14. The van der Waals surface area contributed by atoms with Gasteiger partial charge in [0.1, 0.15) is 0 Å². The first-order valence-electron chi connectivity index (χ1n) is 5.88. The predicted molar refractivity (Wildman–Crippen MR) is 67.8 cm³/mol. The molecule has 1 amide bonds. The van der Waals surface area contributed by atoms with Crippen LogP contribution in [0.2, 0.25) is 0 Å². The Morgan fingerprint density at radius 1 is 1.65 bits per heavy atom. The van der Waals surface area contributed by atoms with Gasteiger partial charge in [-0.25, -0.2) is 0 Å². The van der Waals surface area contributed by atoms with Gasteiger partial charge in [0.2, 0.25) is 5.91 Å². The van der Waals surface area contributed by atoms with Crippen LogP contribution < -0.4 is 5.73 Å². The monoisotopic (exact) mass is 254 g/mol. The third kappa shape index (κ3) is 4.11. The number of ether oxygens (including phenoxy) is 1. The first kappa shape index (κ1) is 12.5. The number of carbonyl (C=O) groups excluding carboxylic acids is 1. The van der Waals surface area contributed by atoms with Crippen LogP contribution in [0.1, 0.15) is 17.7 Å². The fourth-order valence-corrected chi connectivity index (χ4v) is 2.85. The molecule has 0 saturated carbocycles. The van der Waals surface area contributed by atoms with Gasteiger partial charge in [0.25, 0.3) is 0 Å². The topological polar surface area (TPSA) is 55.6 Å². The largest absolute Gasteiger partial charge is 0.377 e. The van der Waals surface area contributed by atoms with Gasteiger partial charge in [0.15, 0.2) is 0 Å². The van der Waals surface area contributed by atoms with Crippen LogP contribution >= 0.6 is 11.3 Å². The SMILES string of the molecule is NC(=O)CN(Cc1cccs1)C[C@@H]1CCCO1. The number of hydrogen-bond donors (Lipinski definition) is 1. The van der Waals surface area contributed by atoms with Crippen molar-refractivity contribution in [3.05, 3.63) is 22.4 Å². The summed E-state index contributed by atoms with van der Waals surface area (Å²) < 4.78 is 5.59. The zero-order valence-corrected chi connectivity index (χ0v) is 10.6. The van der Waals surface area contributed by atoms with Gasteiger partial charge < -0.3 is 10.5 Å². The Morgan fingerprint density at radius 2 is 2.53 bits per heavy atom. The molecule has 2 N–H and O–H groups in total. The van der Waals surface area contributed by atoms with E-state index in [0.717, 1.165) is 32.5 Å². The molecule has 0 aliphatic carbocycles. The molecule has 0 unspecified atom stereocenters. The summed E-state index contributed by atoms with van der Waals surface area (Å²) in [6.45, 7) is 2.72. The smallest absolute Gasteiger partial charge is 0.231 e. The van der Waals surface area contributed by atoms with E-state index in [4.69, 9.17) is 10.5 Å². The number of amides is 1. The number of rotatable bonds is 6. The van der Waals surface area contributed by atoms with Gasteiger partial charge in [0.05, 0.1) is 12.6 Å². The van der Waals surface area contributed by atoms with Crippen molar-refractivity contribution in [2.24, 2.45) is 5.73 Å². The Bertz CT molecular complexity index is 347. The van der Waals surface area contributed by atoms with Crippen molar-refractivity contribution in [1.29, 1.82) is 0 Å². The Labute approximate surface area is 105 Å². The Kier molecular flexibility index (Phi) is 4.53. The second-order valence-corrected chi connectivity index (χ2v) is 5.38. The van der Waals surface area contributed by atoms with Crippen LogP contribution in [0, 0.1) is 0 Å². The van der Waals surface area contributed by atoms with Gasteiger partial charge >= 0.3 is 0 Å². The predicted octanol–water partition coefficient (Wildman–Crippen LogP) is 1.21. The highest BCUT2D eigenvalue weighted by Gasteiger charge is 2.20. The molecule has 1 aromatic rings. The summed E-state index contributed by atoms with van der Waals surface area (Å²) in [4.78, 5) is 14.4. The van der Waals surface area contributed by atoms with Crippen molar-refractivity contribution in [1.82, 2.24) is 4.90 Å².